The molecule has 0 aromatic heterocycles. The Morgan fingerprint density at radius 3 is 2.59 bits per heavy atom. The minimum Gasteiger partial charge on any atom is -0.392 e. The highest BCUT2D eigenvalue weighted by atomic mass is 16.3. The summed E-state index contributed by atoms with van der Waals surface area (Å²) in [4.78, 5) is 12.0. The minimum atomic E-state index is -0.318. The van der Waals surface area contributed by atoms with E-state index in [9.17, 15) is 9.90 Å². The second kappa shape index (κ2) is 5.91. The molecule has 1 N–H and O–H groups in total. The van der Waals surface area contributed by atoms with Gasteiger partial charge < -0.3 is 5.11 Å². The van der Waals surface area contributed by atoms with Crippen molar-refractivity contribution in [2.24, 2.45) is 17.3 Å². The van der Waals surface area contributed by atoms with Gasteiger partial charge in [-0.1, -0.05) is 54.0 Å². The van der Waals surface area contributed by atoms with Gasteiger partial charge in [0.05, 0.1) is 6.10 Å². The number of aliphatic hydroxyl groups is 1. The molecule has 1 saturated carbocycles. The first kappa shape index (κ1) is 17.4. The molecule has 27 heavy (non-hydrogen) atoms. The van der Waals surface area contributed by atoms with Gasteiger partial charge in [-0.25, -0.2) is 0 Å². The molecule has 0 saturated heterocycles. The summed E-state index contributed by atoms with van der Waals surface area (Å²) in [7, 11) is 0. The summed E-state index contributed by atoms with van der Waals surface area (Å²) < 4.78 is 0. The van der Waals surface area contributed by atoms with Crippen LogP contribution < -0.4 is 0 Å². The van der Waals surface area contributed by atoms with E-state index in [2.05, 4.69) is 44.2 Å². The van der Waals surface area contributed by atoms with Crippen LogP contribution in [0.4, 0.5) is 0 Å². The number of fused-ring (bicyclic) bond motifs is 4. The Bertz CT molecular complexity index is 848. The molecule has 1 fully saturated rings. The zero-order valence-electron chi connectivity index (χ0n) is 16.5. The smallest absolute Gasteiger partial charge is 0.155 e. The number of allylic oxidation sites excluding steroid dienone is 2. The number of carbonyl (C=O) groups excluding carboxylic acids is 1. The van der Waals surface area contributed by atoms with Crippen LogP contribution in [0.5, 0.6) is 0 Å². The van der Waals surface area contributed by atoms with E-state index >= 15 is 0 Å². The molecule has 2 unspecified atom stereocenters. The van der Waals surface area contributed by atoms with E-state index in [4.69, 9.17) is 0 Å². The van der Waals surface area contributed by atoms with E-state index in [1.165, 1.54) is 23.1 Å². The maximum Gasteiger partial charge on any atom is 0.155 e. The Labute approximate surface area is 162 Å². The van der Waals surface area contributed by atoms with E-state index in [-0.39, 0.29) is 16.9 Å². The van der Waals surface area contributed by atoms with Crippen molar-refractivity contribution in [3.63, 3.8) is 0 Å². The Balaban J connectivity index is 1.56. The van der Waals surface area contributed by atoms with Crippen LogP contribution in [-0.2, 0) is 10.2 Å². The fraction of sp³-hybridized carbons (Fsp3) is 0.560. The highest BCUT2D eigenvalue weighted by Gasteiger charge is 2.54. The quantitative estimate of drug-likeness (QED) is 0.704. The molecule has 0 spiro atoms. The maximum absolute atomic E-state index is 12.0. The molecule has 0 bridgehead atoms. The van der Waals surface area contributed by atoms with Gasteiger partial charge in [-0.15, -0.1) is 0 Å². The first-order chi connectivity index (χ1) is 12.9. The molecule has 4 aliphatic carbocycles. The Morgan fingerprint density at radius 1 is 1.04 bits per heavy atom. The molecule has 2 nitrogen and oxygen atoms in total. The summed E-state index contributed by atoms with van der Waals surface area (Å²) in [6.45, 7) is 4.67. The van der Waals surface area contributed by atoms with Crippen molar-refractivity contribution in [2.75, 3.05) is 0 Å². The van der Waals surface area contributed by atoms with Crippen LogP contribution in [-0.4, -0.2) is 17.0 Å². The highest BCUT2D eigenvalue weighted by molar-refractivity contribution is 5.91. The van der Waals surface area contributed by atoms with Crippen molar-refractivity contribution >= 4 is 5.78 Å². The number of rotatable bonds is 1. The lowest BCUT2D eigenvalue weighted by Crippen LogP contribution is -2.44. The van der Waals surface area contributed by atoms with Crippen LogP contribution in [0.2, 0.25) is 0 Å². The van der Waals surface area contributed by atoms with Crippen molar-refractivity contribution in [3.8, 4) is 0 Å². The zero-order chi connectivity index (χ0) is 18.8. The van der Waals surface area contributed by atoms with Gasteiger partial charge in [0.1, 0.15) is 0 Å². The minimum absolute atomic E-state index is 0.187. The summed E-state index contributed by atoms with van der Waals surface area (Å²) in [6.07, 6.45) is 8.70. The van der Waals surface area contributed by atoms with Gasteiger partial charge in [0, 0.05) is 11.8 Å². The summed E-state index contributed by atoms with van der Waals surface area (Å²) in [5.74, 6) is 1.54. The van der Waals surface area contributed by atoms with Crippen LogP contribution in [0, 0.1) is 17.3 Å². The SMILES string of the molecule is C[C@]12CCC(=O)C=C1CCC1C3=C(CCC12)[C@](C)(c1ccccc1)[C@H](O)C3. The predicted molar refractivity (Wildman–Crippen MR) is 107 cm³/mol. The van der Waals surface area contributed by atoms with Crippen molar-refractivity contribution in [3.05, 3.63) is 58.7 Å². The van der Waals surface area contributed by atoms with Crippen LogP contribution in [0.1, 0.15) is 64.4 Å². The predicted octanol–water partition coefficient (Wildman–Crippen LogP) is 5.12. The first-order valence-electron chi connectivity index (χ1n) is 10.6. The average molecular weight is 363 g/mol. The van der Waals surface area contributed by atoms with E-state index in [1.54, 1.807) is 5.57 Å². The van der Waals surface area contributed by atoms with Gasteiger partial charge in [-0.2, -0.15) is 0 Å². The van der Waals surface area contributed by atoms with Gasteiger partial charge in [-0.05, 0) is 74.3 Å². The van der Waals surface area contributed by atoms with Crippen LogP contribution in [0.15, 0.2) is 53.1 Å². The number of benzene rings is 1. The van der Waals surface area contributed by atoms with Gasteiger partial charge in [0.25, 0.3) is 0 Å². The molecule has 142 valence electrons. The Morgan fingerprint density at radius 2 is 1.81 bits per heavy atom. The van der Waals surface area contributed by atoms with E-state index in [0.717, 1.165) is 32.1 Å². The molecule has 0 radical (unpaired) electrons. The van der Waals surface area contributed by atoms with Crippen molar-refractivity contribution < 1.29 is 9.90 Å². The molecule has 2 heteroatoms. The number of hydrogen-bond donors (Lipinski definition) is 1. The van der Waals surface area contributed by atoms with Gasteiger partial charge >= 0.3 is 0 Å². The van der Waals surface area contributed by atoms with Crippen molar-refractivity contribution in [2.45, 2.75) is 70.3 Å². The highest BCUT2D eigenvalue weighted by Crippen LogP contribution is 2.62. The summed E-state index contributed by atoms with van der Waals surface area (Å²) in [5, 5.41) is 11.2. The van der Waals surface area contributed by atoms with Crippen LogP contribution >= 0.6 is 0 Å². The summed E-state index contributed by atoms with van der Waals surface area (Å²) in [5.41, 5.74) is 5.69. The third-order valence-electron chi connectivity index (χ3n) is 8.61. The lowest BCUT2D eigenvalue weighted by Gasteiger charge is -2.52. The normalized spacial score (nSPS) is 40.9. The van der Waals surface area contributed by atoms with Crippen molar-refractivity contribution in [1.82, 2.24) is 0 Å². The largest absolute Gasteiger partial charge is 0.392 e. The molecule has 5 rings (SSSR count). The molecular weight excluding hydrogens is 332 g/mol. The fourth-order valence-electron chi connectivity index (χ4n) is 6.97. The number of hydrogen-bond acceptors (Lipinski definition) is 2. The van der Waals surface area contributed by atoms with E-state index in [0.29, 0.717) is 24.0 Å². The molecule has 4 aliphatic rings. The zero-order valence-corrected chi connectivity index (χ0v) is 16.5. The molecule has 0 amide bonds. The average Bonchev–Trinajstić information content (AvgIpc) is 2.95. The standard InChI is InChI=1S/C25H30O2/c1-24-13-12-18(26)14-17(24)8-9-19-20-15-23(27)25(2,16-6-4-3-5-7-16)22(20)11-10-21(19)24/h3-7,14,19,21,23,27H,8-13,15H2,1-2H3/t19?,21?,23-,24+,25+/m1/s1. The van der Waals surface area contributed by atoms with Crippen LogP contribution in [0.3, 0.4) is 0 Å². The van der Waals surface area contributed by atoms with Gasteiger partial charge in [0.15, 0.2) is 5.78 Å². The van der Waals surface area contributed by atoms with Gasteiger partial charge in [-0.3, -0.25) is 4.79 Å². The first-order valence-corrected chi connectivity index (χ1v) is 10.6. The monoisotopic (exact) mass is 362 g/mol. The molecular formula is C25H30O2. The number of ketones is 1. The second-order valence-corrected chi connectivity index (χ2v) is 9.64. The third kappa shape index (κ3) is 2.32. The topological polar surface area (TPSA) is 37.3 Å². The molecule has 0 heterocycles. The van der Waals surface area contributed by atoms with E-state index < -0.39 is 0 Å². The maximum atomic E-state index is 12.0. The fourth-order valence-corrected chi connectivity index (χ4v) is 6.97. The molecule has 5 atom stereocenters. The van der Waals surface area contributed by atoms with Crippen molar-refractivity contribution in [1.29, 1.82) is 0 Å². The van der Waals surface area contributed by atoms with Gasteiger partial charge in [0.2, 0.25) is 0 Å². The Kier molecular flexibility index (Phi) is 3.82. The lowest BCUT2D eigenvalue weighted by molar-refractivity contribution is -0.116. The molecule has 1 aromatic rings. The third-order valence-corrected chi connectivity index (χ3v) is 8.61. The van der Waals surface area contributed by atoms with Crippen LogP contribution in [0.25, 0.3) is 0 Å². The summed E-state index contributed by atoms with van der Waals surface area (Å²) in [6, 6.07) is 10.6. The molecule has 0 aliphatic heterocycles. The Hall–Kier alpha value is -1.67. The van der Waals surface area contributed by atoms with E-state index in [1.807, 2.05) is 6.08 Å². The number of carbonyl (C=O) groups is 1. The molecule has 1 aromatic carbocycles. The second-order valence-electron chi connectivity index (χ2n) is 9.64. The lowest BCUT2D eigenvalue weighted by atomic mass is 9.52. The summed E-state index contributed by atoms with van der Waals surface area (Å²) >= 11 is 0. The number of aliphatic hydroxyl groups excluding tert-OH is 1.